The molecule has 0 saturated heterocycles. The molecule has 3 N–H and O–H groups in total. The molecule has 1 fully saturated rings. The Labute approximate surface area is 132 Å². The Morgan fingerprint density at radius 3 is 2.52 bits per heavy atom. The molecule has 118 valence electrons. The summed E-state index contributed by atoms with van der Waals surface area (Å²) in [5.41, 5.74) is 6.13. The zero-order chi connectivity index (χ0) is 15.8. The largest absolute Gasteiger partial charge is 0.329 e. The predicted octanol–water partition coefficient (Wildman–Crippen LogP) is 2.87. The molecule has 2 rings (SSSR count). The lowest BCUT2D eigenvalue weighted by molar-refractivity contribution is 0.374. The SMILES string of the molecule is CC(C)c1ccc(Cl)c(S(=O)(=O)NC(C)(CN)C2CC2)c1. The van der Waals surface area contributed by atoms with Crippen molar-refractivity contribution in [1.29, 1.82) is 0 Å². The van der Waals surface area contributed by atoms with E-state index >= 15 is 0 Å². The van der Waals surface area contributed by atoms with Gasteiger partial charge in [-0.1, -0.05) is 31.5 Å². The van der Waals surface area contributed by atoms with E-state index < -0.39 is 15.6 Å². The van der Waals surface area contributed by atoms with Crippen molar-refractivity contribution in [2.45, 2.75) is 50.0 Å². The maximum atomic E-state index is 12.7. The molecule has 0 heterocycles. The van der Waals surface area contributed by atoms with Crippen LogP contribution in [0.15, 0.2) is 23.1 Å². The molecular formula is C15H23ClN2O2S. The normalized spacial score (nSPS) is 18.8. The molecule has 6 heteroatoms. The topological polar surface area (TPSA) is 72.2 Å². The van der Waals surface area contributed by atoms with Gasteiger partial charge >= 0.3 is 0 Å². The molecule has 0 amide bonds. The van der Waals surface area contributed by atoms with Gasteiger partial charge in [0.25, 0.3) is 0 Å². The molecule has 21 heavy (non-hydrogen) atoms. The first kappa shape index (κ1) is 16.7. The highest BCUT2D eigenvalue weighted by molar-refractivity contribution is 7.89. The molecule has 1 aliphatic carbocycles. The smallest absolute Gasteiger partial charge is 0.242 e. The molecule has 1 unspecified atom stereocenters. The first-order chi connectivity index (χ1) is 9.69. The van der Waals surface area contributed by atoms with Gasteiger partial charge in [0.2, 0.25) is 10.0 Å². The monoisotopic (exact) mass is 330 g/mol. The lowest BCUT2D eigenvalue weighted by Gasteiger charge is -2.29. The third kappa shape index (κ3) is 3.59. The third-order valence-electron chi connectivity index (χ3n) is 4.18. The summed E-state index contributed by atoms with van der Waals surface area (Å²) in [7, 11) is -3.68. The number of hydrogen-bond donors (Lipinski definition) is 2. The Balaban J connectivity index is 2.37. The minimum absolute atomic E-state index is 0.135. The van der Waals surface area contributed by atoms with Crippen LogP contribution in [-0.4, -0.2) is 20.5 Å². The van der Waals surface area contributed by atoms with Crippen LogP contribution >= 0.6 is 11.6 Å². The number of benzene rings is 1. The highest BCUT2D eigenvalue weighted by atomic mass is 35.5. The number of sulfonamides is 1. The van der Waals surface area contributed by atoms with Gasteiger partial charge in [-0.3, -0.25) is 0 Å². The zero-order valence-electron chi connectivity index (χ0n) is 12.7. The van der Waals surface area contributed by atoms with Crippen molar-refractivity contribution in [3.63, 3.8) is 0 Å². The van der Waals surface area contributed by atoms with Gasteiger partial charge < -0.3 is 5.73 Å². The maximum absolute atomic E-state index is 12.7. The summed E-state index contributed by atoms with van der Waals surface area (Å²) in [5.74, 6) is 0.546. The summed E-state index contributed by atoms with van der Waals surface area (Å²) in [6.07, 6.45) is 2.02. The molecule has 4 nitrogen and oxygen atoms in total. The first-order valence-corrected chi connectivity index (χ1v) is 9.09. The summed E-state index contributed by atoms with van der Waals surface area (Å²) in [5, 5.41) is 0.238. The van der Waals surface area contributed by atoms with Crippen LogP contribution in [0.3, 0.4) is 0 Å². The number of hydrogen-bond acceptors (Lipinski definition) is 3. The lowest BCUT2D eigenvalue weighted by Crippen LogP contribution is -2.53. The lowest BCUT2D eigenvalue weighted by atomic mass is 9.98. The van der Waals surface area contributed by atoms with Crippen LogP contribution in [0.25, 0.3) is 0 Å². The summed E-state index contributed by atoms with van der Waals surface area (Å²) in [6, 6.07) is 5.15. The molecule has 1 aliphatic rings. The van der Waals surface area contributed by atoms with Crippen molar-refractivity contribution in [2.24, 2.45) is 11.7 Å². The average molecular weight is 331 g/mol. The summed E-state index contributed by atoms with van der Waals surface area (Å²) < 4.78 is 28.1. The van der Waals surface area contributed by atoms with Crippen LogP contribution in [0.4, 0.5) is 0 Å². The van der Waals surface area contributed by atoms with Crippen LogP contribution in [0.5, 0.6) is 0 Å². The van der Waals surface area contributed by atoms with Gasteiger partial charge in [0.15, 0.2) is 0 Å². The highest BCUT2D eigenvalue weighted by Gasteiger charge is 2.43. The summed E-state index contributed by atoms with van der Waals surface area (Å²) in [6.45, 7) is 6.17. The fourth-order valence-corrected chi connectivity index (χ4v) is 4.47. The number of halogens is 1. The van der Waals surface area contributed by atoms with Crippen LogP contribution in [-0.2, 0) is 10.0 Å². The molecular weight excluding hydrogens is 308 g/mol. The van der Waals surface area contributed by atoms with E-state index in [9.17, 15) is 8.42 Å². The Hall–Kier alpha value is -0.620. The van der Waals surface area contributed by atoms with Crippen molar-refractivity contribution in [2.75, 3.05) is 6.54 Å². The molecule has 1 aromatic carbocycles. The van der Waals surface area contributed by atoms with Crippen LogP contribution in [0, 0.1) is 5.92 Å². The zero-order valence-corrected chi connectivity index (χ0v) is 14.3. The van der Waals surface area contributed by atoms with E-state index in [0.29, 0.717) is 5.92 Å². The van der Waals surface area contributed by atoms with E-state index in [1.165, 1.54) is 0 Å². The quantitative estimate of drug-likeness (QED) is 0.842. The van der Waals surface area contributed by atoms with E-state index in [0.717, 1.165) is 18.4 Å². The van der Waals surface area contributed by atoms with Crippen molar-refractivity contribution < 1.29 is 8.42 Å². The van der Waals surface area contributed by atoms with E-state index in [4.69, 9.17) is 17.3 Å². The molecule has 0 spiro atoms. The van der Waals surface area contributed by atoms with Gasteiger partial charge in [-0.2, -0.15) is 0 Å². The Kier molecular flexibility index (Phi) is 4.69. The predicted molar refractivity (Wildman–Crippen MR) is 86.0 cm³/mol. The number of rotatable bonds is 6. The molecule has 0 aromatic heterocycles. The van der Waals surface area contributed by atoms with Crippen LogP contribution in [0.2, 0.25) is 5.02 Å². The van der Waals surface area contributed by atoms with Gasteiger partial charge in [0.1, 0.15) is 4.90 Å². The molecule has 1 atom stereocenters. The average Bonchev–Trinajstić information content (AvgIpc) is 3.22. The van der Waals surface area contributed by atoms with Crippen LogP contribution < -0.4 is 10.5 Å². The van der Waals surface area contributed by atoms with Gasteiger partial charge in [0, 0.05) is 12.1 Å². The minimum atomic E-state index is -3.68. The first-order valence-electron chi connectivity index (χ1n) is 7.23. The maximum Gasteiger partial charge on any atom is 0.242 e. The van der Waals surface area contributed by atoms with E-state index in [2.05, 4.69) is 4.72 Å². The molecule has 0 radical (unpaired) electrons. The van der Waals surface area contributed by atoms with Gasteiger partial charge in [0.05, 0.1) is 5.02 Å². The Bertz CT molecular complexity index is 627. The van der Waals surface area contributed by atoms with E-state index in [1.54, 1.807) is 12.1 Å². The molecule has 1 aromatic rings. The highest BCUT2D eigenvalue weighted by Crippen LogP contribution is 2.40. The second kappa shape index (κ2) is 5.88. The fraction of sp³-hybridized carbons (Fsp3) is 0.600. The van der Waals surface area contributed by atoms with Gasteiger partial charge in [-0.15, -0.1) is 0 Å². The molecule has 1 saturated carbocycles. The Morgan fingerprint density at radius 1 is 1.43 bits per heavy atom. The number of nitrogens with one attached hydrogen (secondary N) is 1. The van der Waals surface area contributed by atoms with Gasteiger partial charge in [-0.05, 0) is 49.3 Å². The van der Waals surface area contributed by atoms with E-state index in [1.807, 2.05) is 26.8 Å². The second-order valence-corrected chi connectivity index (χ2v) is 8.40. The van der Waals surface area contributed by atoms with Crippen LogP contribution in [0.1, 0.15) is 45.1 Å². The molecule has 0 aliphatic heterocycles. The van der Waals surface area contributed by atoms with Crippen molar-refractivity contribution >= 4 is 21.6 Å². The minimum Gasteiger partial charge on any atom is -0.329 e. The van der Waals surface area contributed by atoms with Crippen molar-refractivity contribution in [3.05, 3.63) is 28.8 Å². The molecule has 0 bridgehead atoms. The third-order valence-corrected chi connectivity index (χ3v) is 6.27. The second-order valence-electron chi connectivity index (χ2n) is 6.35. The number of nitrogens with two attached hydrogens (primary N) is 1. The van der Waals surface area contributed by atoms with Gasteiger partial charge in [-0.25, -0.2) is 13.1 Å². The van der Waals surface area contributed by atoms with E-state index in [-0.39, 0.29) is 22.4 Å². The Morgan fingerprint density at radius 2 is 2.05 bits per heavy atom. The standard InChI is InChI=1S/C15H23ClN2O2S/c1-10(2)11-4-7-13(16)14(8-11)21(19,20)18-15(3,9-17)12-5-6-12/h4,7-8,10,12,18H,5-6,9,17H2,1-3H3. The fourth-order valence-electron chi connectivity index (χ4n) is 2.46. The summed E-state index contributed by atoms with van der Waals surface area (Å²) in [4.78, 5) is 0.135. The van der Waals surface area contributed by atoms with Crippen molar-refractivity contribution in [3.8, 4) is 0 Å². The summed E-state index contributed by atoms with van der Waals surface area (Å²) >= 11 is 6.10. The van der Waals surface area contributed by atoms with Crippen molar-refractivity contribution in [1.82, 2.24) is 4.72 Å².